The van der Waals surface area contributed by atoms with Gasteiger partial charge in [0.05, 0.1) is 11.7 Å². The van der Waals surface area contributed by atoms with Crippen LogP contribution in [0.15, 0.2) is 18.2 Å². The molecule has 1 aromatic rings. The summed E-state index contributed by atoms with van der Waals surface area (Å²) in [5, 5.41) is 8.66. The van der Waals surface area contributed by atoms with Gasteiger partial charge in [-0.1, -0.05) is 11.8 Å². The summed E-state index contributed by atoms with van der Waals surface area (Å²) in [6, 6.07) is 4.32. The topological polar surface area (TPSA) is 29.5 Å². The predicted octanol–water partition coefficient (Wildman–Crippen LogP) is 2.49. The molecule has 1 fully saturated rings. The molecular formula is C14H15FO2. The smallest absolute Gasteiger partial charge is 0.135 e. The van der Waals surface area contributed by atoms with E-state index in [1.165, 1.54) is 25.0 Å². The first kappa shape index (κ1) is 11.9. The van der Waals surface area contributed by atoms with E-state index >= 15 is 0 Å². The molecule has 2 nitrogen and oxygen atoms in total. The molecule has 0 radical (unpaired) electrons. The van der Waals surface area contributed by atoms with Gasteiger partial charge in [-0.25, -0.2) is 4.39 Å². The maximum Gasteiger partial charge on any atom is 0.135 e. The number of rotatable bonds is 2. The van der Waals surface area contributed by atoms with E-state index in [4.69, 9.17) is 9.84 Å². The van der Waals surface area contributed by atoms with E-state index in [9.17, 15) is 4.39 Å². The van der Waals surface area contributed by atoms with Crippen LogP contribution in [-0.2, 0) is 0 Å². The van der Waals surface area contributed by atoms with Crippen molar-refractivity contribution in [2.24, 2.45) is 0 Å². The molecule has 17 heavy (non-hydrogen) atoms. The van der Waals surface area contributed by atoms with Crippen molar-refractivity contribution in [3.63, 3.8) is 0 Å². The number of benzene rings is 1. The van der Waals surface area contributed by atoms with Gasteiger partial charge in [-0.15, -0.1) is 0 Å². The summed E-state index contributed by atoms with van der Waals surface area (Å²) in [4.78, 5) is 0. The molecule has 0 saturated heterocycles. The molecule has 0 unspecified atom stereocenters. The summed E-state index contributed by atoms with van der Waals surface area (Å²) in [7, 11) is 0. The molecule has 0 atom stereocenters. The first-order chi connectivity index (χ1) is 8.29. The minimum absolute atomic E-state index is 0.218. The molecule has 1 saturated carbocycles. The standard InChI is InChI=1S/C14H15FO2/c15-12-7-8-14(11(10-12)4-3-9-16)17-13-5-1-2-6-13/h7-8,10,13,16H,1-2,5-6,9H2. The van der Waals surface area contributed by atoms with Crippen LogP contribution in [0.4, 0.5) is 4.39 Å². The highest BCUT2D eigenvalue weighted by molar-refractivity contribution is 5.46. The Hall–Kier alpha value is -1.53. The fourth-order valence-corrected chi connectivity index (χ4v) is 2.02. The zero-order chi connectivity index (χ0) is 12.1. The Kier molecular flexibility index (Phi) is 4.00. The number of halogens is 1. The summed E-state index contributed by atoms with van der Waals surface area (Å²) < 4.78 is 18.9. The molecular weight excluding hydrogens is 219 g/mol. The molecule has 3 heteroatoms. The SMILES string of the molecule is OCC#Cc1cc(F)ccc1OC1CCCC1. The number of ether oxygens (including phenoxy) is 1. The van der Waals surface area contributed by atoms with Crippen molar-refractivity contribution in [1.82, 2.24) is 0 Å². The number of hydrogen-bond acceptors (Lipinski definition) is 2. The van der Waals surface area contributed by atoms with E-state index in [-0.39, 0.29) is 18.5 Å². The predicted molar refractivity (Wildman–Crippen MR) is 63.2 cm³/mol. The molecule has 1 aliphatic rings. The minimum atomic E-state index is -0.342. The minimum Gasteiger partial charge on any atom is -0.489 e. The molecule has 0 amide bonds. The second-order valence-electron chi connectivity index (χ2n) is 4.12. The van der Waals surface area contributed by atoms with Crippen LogP contribution in [0.3, 0.4) is 0 Å². The number of aliphatic hydroxyl groups excluding tert-OH is 1. The summed E-state index contributed by atoms with van der Waals surface area (Å²) in [6.07, 6.45) is 4.68. The summed E-state index contributed by atoms with van der Waals surface area (Å²) in [5.74, 6) is 5.50. The van der Waals surface area contributed by atoms with Gasteiger partial charge in [0.25, 0.3) is 0 Å². The molecule has 90 valence electrons. The average Bonchev–Trinajstić information content (AvgIpc) is 2.82. The highest BCUT2D eigenvalue weighted by atomic mass is 19.1. The highest BCUT2D eigenvalue weighted by Gasteiger charge is 2.17. The van der Waals surface area contributed by atoms with Crippen molar-refractivity contribution < 1.29 is 14.2 Å². The summed E-state index contributed by atoms with van der Waals surface area (Å²) in [6.45, 7) is -0.237. The maximum atomic E-state index is 13.1. The molecule has 1 aromatic carbocycles. The number of hydrogen-bond donors (Lipinski definition) is 1. The van der Waals surface area contributed by atoms with Crippen molar-refractivity contribution in [2.45, 2.75) is 31.8 Å². The van der Waals surface area contributed by atoms with Gasteiger partial charge in [0.2, 0.25) is 0 Å². The Bertz CT molecular complexity index is 439. The third-order valence-electron chi connectivity index (χ3n) is 2.84. The van der Waals surface area contributed by atoms with E-state index in [1.54, 1.807) is 6.07 Å². The monoisotopic (exact) mass is 234 g/mol. The van der Waals surface area contributed by atoms with Gasteiger partial charge >= 0.3 is 0 Å². The second kappa shape index (κ2) is 5.70. The molecule has 0 bridgehead atoms. The highest BCUT2D eigenvalue weighted by Crippen LogP contribution is 2.26. The van der Waals surface area contributed by atoms with Gasteiger partial charge in [-0.2, -0.15) is 0 Å². The van der Waals surface area contributed by atoms with Gasteiger partial charge in [-0.05, 0) is 43.9 Å². The molecule has 0 aromatic heterocycles. The van der Waals surface area contributed by atoms with Crippen LogP contribution >= 0.6 is 0 Å². The van der Waals surface area contributed by atoms with Gasteiger partial charge in [0.1, 0.15) is 18.2 Å². The van der Waals surface area contributed by atoms with Crippen LogP contribution in [0.25, 0.3) is 0 Å². The lowest BCUT2D eigenvalue weighted by Crippen LogP contribution is -2.11. The Balaban J connectivity index is 2.19. The van der Waals surface area contributed by atoms with E-state index in [1.807, 2.05) is 0 Å². The van der Waals surface area contributed by atoms with Crippen molar-refractivity contribution in [3.05, 3.63) is 29.6 Å². The molecule has 0 aliphatic heterocycles. The molecule has 1 aliphatic carbocycles. The fraction of sp³-hybridized carbons (Fsp3) is 0.429. The van der Waals surface area contributed by atoms with E-state index in [0.29, 0.717) is 11.3 Å². The zero-order valence-corrected chi connectivity index (χ0v) is 9.58. The normalized spacial score (nSPS) is 15.4. The lowest BCUT2D eigenvalue weighted by molar-refractivity contribution is 0.209. The van der Waals surface area contributed by atoms with Crippen molar-refractivity contribution in [1.29, 1.82) is 0 Å². The largest absolute Gasteiger partial charge is 0.489 e. The van der Waals surface area contributed by atoms with Crippen LogP contribution in [-0.4, -0.2) is 17.8 Å². The first-order valence-electron chi connectivity index (χ1n) is 5.85. The van der Waals surface area contributed by atoms with Gasteiger partial charge in [-0.3, -0.25) is 0 Å². The van der Waals surface area contributed by atoms with Gasteiger partial charge in [0.15, 0.2) is 0 Å². The first-order valence-corrected chi connectivity index (χ1v) is 5.85. The third kappa shape index (κ3) is 3.21. The Morgan fingerprint density at radius 1 is 1.35 bits per heavy atom. The lowest BCUT2D eigenvalue weighted by atomic mass is 10.2. The molecule has 0 spiro atoms. The quantitative estimate of drug-likeness (QED) is 0.797. The lowest BCUT2D eigenvalue weighted by Gasteiger charge is -2.14. The van der Waals surface area contributed by atoms with Crippen LogP contribution in [0, 0.1) is 17.7 Å². The van der Waals surface area contributed by atoms with E-state index < -0.39 is 0 Å². The Labute approximate surface area is 100 Å². The Morgan fingerprint density at radius 2 is 2.12 bits per heavy atom. The van der Waals surface area contributed by atoms with Crippen LogP contribution in [0.2, 0.25) is 0 Å². The molecule has 0 heterocycles. The van der Waals surface area contributed by atoms with Crippen molar-refractivity contribution in [2.75, 3.05) is 6.61 Å². The van der Waals surface area contributed by atoms with Crippen molar-refractivity contribution in [3.8, 4) is 17.6 Å². The third-order valence-corrected chi connectivity index (χ3v) is 2.84. The van der Waals surface area contributed by atoms with Crippen LogP contribution in [0.1, 0.15) is 31.2 Å². The average molecular weight is 234 g/mol. The summed E-state index contributed by atoms with van der Waals surface area (Å²) >= 11 is 0. The van der Waals surface area contributed by atoms with E-state index in [2.05, 4.69) is 11.8 Å². The van der Waals surface area contributed by atoms with E-state index in [0.717, 1.165) is 12.8 Å². The zero-order valence-electron chi connectivity index (χ0n) is 9.58. The van der Waals surface area contributed by atoms with Crippen LogP contribution < -0.4 is 4.74 Å². The molecule has 2 rings (SSSR count). The molecule has 1 N–H and O–H groups in total. The summed E-state index contributed by atoms with van der Waals surface area (Å²) in [5.41, 5.74) is 0.506. The maximum absolute atomic E-state index is 13.1. The van der Waals surface area contributed by atoms with Gasteiger partial charge < -0.3 is 9.84 Å². The fourth-order valence-electron chi connectivity index (χ4n) is 2.02. The Morgan fingerprint density at radius 3 is 2.82 bits per heavy atom. The second-order valence-corrected chi connectivity index (χ2v) is 4.12. The number of aliphatic hydroxyl groups is 1. The van der Waals surface area contributed by atoms with Crippen LogP contribution in [0.5, 0.6) is 5.75 Å². The van der Waals surface area contributed by atoms with Gasteiger partial charge in [0, 0.05) is 0 Å². The van der Waals surface area contributed by atoms with Crippen molar-refractivity contribution >= 4 is 0 Å².